The topological polar surface area (TPSA) is 67.2 Å². The highest BCUT2D eigenvalue weighted by Gasteiger charge is 2.23. The van der Waals surface area contributed by atoms with Gasteiger partial charge in [-0.15, -0.1) is 0 Å². The third-order valence-electron chi connectivity index (χ3n) is 4.16. The third-order valence-corrected chi connectivity index (χ3v) is 4.16. The molecule has 0 spiro atoms. The van der Waals surface area contributed by atoms with Crippen molar-refractivity contribution < 1.29 is 9.90 Å². The molecule has 5 heteroatoms. The molecule has 0 aliphatic heterocycles. The van der Waals surface area contributed by atoms with E-state index in [0.29, 0.717) is 18.8 Å². The van der Waals surface area contributed by atoms with Gasteiger partial charge in [-0.1, -0.05) is 57.5 Å². The van der Waals surface area contributed by atoms with Crippen LogP contribution in [0.3, 0.4) is 0 Å². The van der Waals surface area contributed by atoms with Crippen LogP contribution in [0.5, 0.6) is 0 Å². The minimum absolute atomic E-state index is 0.0273. The first kappa shape index (κ1) is 19.2. The average Bonchev–Trinajstić information content (AvgIpc) is 2.98. The van der Waals surface area contributed by atoms with E-state index in [-0.39, 0.29) is 23.8 Å². The lowest BCUT2D eigenvalue weighted by atomic mass is 9.92. The van der Waals surface area contributed by atoms with Crippen LogP contribution in [0.2, 0.25) is 0 Å². The van der Waals surface area contributed by atoms with Crippen LogP contribution in [0.25, 0.3) is 0 Å². The largest absolute Gasteiger partial charge is 0.396 e. The van der Waals surface area contributed by atoms with Gasteiger partial charge in [-0.25, -0.2) is 0 Å². The number of aryl methyl sites for hydroxylation is 1. The molecule has 0 saturated carbocycles. The van der Waals surface area contributed by atoms with Crippen LogP contribution in [-0.2, 0) is 12.0 Å². The Kier molecular flexibility index (Phi) is 6.01. The molecule has 0 aliphatic carbocycles. The summed E-state index contributed by atoms with van der Waals surface area (Å²) in [6, 6.07) is 10.1. The van der Waals surface area contributed by atoms with Gasteiger partial charge in [0.2, 0.25) is 0 Å². The highest BCUT2D eigenvalue weighted by molar-refractivity contribution is 5.92. The van der Waals surface area contributed by atoms with Gasteiger partial charge in [-0.05, 0) is 24.5 Å². The van der Waals surface area contributed by atoms with E-state index in [1.165, 1.54) is 5.56 Å². The van der Waals surface area contributed by atoms with Crippen LogP contribution >= 0.6 is 0 Å². The lowest BCUT2D eigenvalue weighted by Crippen LogP contribution is -2.31. The van der Waals surface area contributed by atoms with Crippen LogP contribution < -0.4 is 5.32 Å². The number of aromatic nitrogens is 2. The summed E-state index contributed by atoms with van der Waals surface area (Å²) in [5.41, 5.74) is 3.62. The molecular formula is C20H29N3O2. The second-order valence-corrected chi connectivity index (χ2v) is 7.81. The molecular weight excluding hydrogens is 314 g/mol. The Morgan fingerprint density at radius 1 is 1.28 bits per heavy atom. The molecule has 1 atom stereocenters. The first-order valence-corrected chi connectivity index (χ1v) is 8.73. The molecule has 0 saturated heterocycles. The first-order chi connectivity index (χ1) is 11.7. The smallest absolute Gasteiger partial charge is 0.269 e. The van der Waals surface area contributed by atoms with E-state index in [4.69, 9.17) is 5.11 Å². The maximum atomic E-state index is 12.6. The lowest BCUT2D eigenvalue weighted by molar-refractivity contribution is 0.0932. The van der Waals surface area contributed by atoms with Crippen molar-refractivity contribution in [3.63, 3.8) is 0 Å². The van der Waals surface area contributed by atoms with Gasteiger partial charge in [0, 0.05) is 18.6 Å². The Labute approximate surface area is 150 Å². The molecule has 0 aliphatic rings. The van der Waals surface area contributed by atoms with E-state index < -0.39 is 0 Å². The summed E-state index contributed by atoms with van der Waals surface area (Å²) in [6.07, 6.45) is 0. The van der Waals surface area contributed by atoms with Crippen molar-refractivity contribution in [3.05, 3.63) is 52.8 Å². The van der Waals surface area contributed by atoms with E-state index >= 15 is 0 Å². The summed E-state index contributed by atoms with van der Waals surface area (Å²) in [4.78, 5) is 12.6. The van der Waals surface area contributed by atoms with Crippen LogP contribution in [0.4, 0.5) is 0 Å². The number of hydrogen-bond donors (Lipinski definition) is 2. The van der Waals surface area contributed by atoms with Crippen LogP contribution in [-0.4, -0.2) is 33.9 Å². The monoisotopic (exact) mass is 343 g/mol. The molecule has 0 fully saturated rings. The van der Waals surface area contributed by atoms with Crippen molar-refractivity contribution in [1.29, 1.82) is 0 Å². The maximum absolute atomic E-state index is 12.6. The molecule has 2 rings (SSSR count). The number of carbonyl (C=O) groups is 1. The number of amides is 1. The van der Waals surface area contributed by atoms with Crippen molar-refractivity contribution in [2.45, 2.75) is 46.6 Å². The molecule has 1 heterocycles. The van der Waals surface area contributed by atoms with Crippen molar-refractivity contribution in [1.82, 2.24) is 15.1 Å². The van der Waals surface area contributed by atoms with E-state index in [9.17, 15) is 4.79 Å². The summed E-state index contributed by atoms with van der Waals surface area (Å²) in [7, 11) is 0. The molecule has 2 N–H and O–H groups in total. The summed E-state index contributed by atoms with van der Waals surface area (Å²) in [6.45, 7) is 11.2. The van der Waals surface area contributed by atoms with Crippen LogP contribution in [0.15, 0.2) is 30.3 Å². The van der Waals surface area contributed by atoms with Crippen LogP contribution in [0, 0.1) is 12.8 Å². The Bertz CT molecular complexity index is 712. The van der Waals surface area contributed by atoms with Gasteiger partial charge >= 0.3 is 0 Å². The zero-order valence-corrected chi connectivity index (χ0v) is 15.8. The minimum atomic E-state index is -0.157. The quantitative estimate of drug-likeness (QED) is 0.847. The molecule has 0 radical (unpaired) electrons. The fourth-order valence-electron chi connectivity index (χ4n) is 2.38. The highest BCUT2D eigenvalue weighted by Crippen LogP contribution is 2.22. The summed E-state index contributed by atoms with van der Waals surface area (Å²) in [5.74, 6) is -0.130. The lowest BCUT2D eigenvalue weighted by Gasteiger charge is -2.14. The number of aliphatic hydroxyl groups excluding tert-OH is 1. The number of hydrogen-bond acceptors (Lipinski definition) is 3. The normalized spacial score (nSPS) is 12.9. The Hall–Kier alpha value is -2.14. The molecule has 1 unspecified atom stereocenters. The first-order valence-electron chi connectivity index (χ1n) is 8.73. The second kappa shape index (κ2) is 7.83. The zero-order chi connectivity index (χ0) is 18.6. The number of carbonyl (C=O) groups excluding carboxylic acids is 1. The number of rotatable bonds is 6. The number of aliphatic hydroxyl groups is 1. The van der Waals surface area contributed by atoms with E-state index in [1.807, 2.05) is 13.0 Å². The number of benzene rings is 1. The van der Waals surface area contributed by atoms with E-state index in [2.05, 4.69) is 62.4 Å². The van der Waals surface area contributed by atoms with Gasteiger partial charge in [0.05, 0.1) is 12.2 Å². The molecule has 1 aromatic heterocycles. The molecule has 25 heavy (non-hydrogen) atoms. The van der Waals surface area contributed by atoms with Gasteiger partial charge in [-0.2, -0.15) is 5.10 Å². The molecule has 136 valence electrons. The fraction of sp³-hybridized carbons (Fsp3) is 0.500. The predicted molar refractivity (Wildman–Crippen MR) is 99.8 cm³/mol. The zero-order valence-electron chi connectivity index (χ0n) is 15.8. The van der Waals surface area contributed by atoms with Gasteiger partial charge in [0.25, 0.3) is 5.91 Å². The summed E-state index contributed by atoms with van der Waals surface area (Å²) in [5, 5.41) is 16.7. The van der Waals surface area contributed by atoms with Crippen molar-refractivity contribution in [2.75, 3.05) is 13.2 Å². The van der Waals surface area contributed by atoms with Crippen molar-refractivity contribution >= 4 is 5.91 Å². The van der Waals surface area contributed by atoms with Gasteiger partial charge in [-0.3, -0.25) is 9.48 Å². The maximum Gasteiger partial charge on any atom is 0.269 e. The predicted octanol–water partition coefficient (Wildman–Crippen LogP) is 2.90. The van der Waals surface area contributed by atoms with Crippen LogP contribution in [0.1, 0.15) is 55.0 Å². The highest BCUT2D eigenvalue weighted by atomic mass is 16.3. The molecule has 5 nitrogen and oxygen atoms in total. The van der Waals surface area contributed by atoms with Crippen molar-refractivity contribution in [3.8, 4) is 0 Å². The van der Waals surface area contributed by atoms with Crippen molar-refractivity contribution in [2.24, 2.45) is 5.92 Å². The third kappa shape index (κ3) is 5.16. The van der Waals surface area contributed by atoms with E-state index in [1.54, 1.807) is 4.68 Å². The Morgan fingerprint density at radius 2 is 1.92 bits per heavy atom. The molecule has 1 aromatic carbocycles. The van der Waals surface area contributed by atoms with Gasteiger partial charge in [0.1, 0.15) is 5.69 Å². The summed E-state index contributed by atoms with van der Waals surface area (Å²) >= 11 is 0. The Balaban J connectivity index is 2.28. The van der Waals surface area contributed by atoms with Gasteiger partial charge in [0.15, 0.2) is 0 Å². The molecule has 1 amide bonds. The number of nitrogens with zero attached hydrogens (tertiary/aromatic N) is 2. The standard InChI is InChI=1S/C20H29N3O2/c1-14-6-8-16(9-7-14)12-23-17(10-18(22-23)20(3,4)5)19(25)21-11-15(2)13-24/h6-10,15,24H,11-13H2,1-5H3,(H,21,25). The summed E-state index contributed by atoms with van der Waals surface area (Å²) < 4.78 is 1.77. The van der Waals surface area contributed by atoms with E-state index in [0.717, 1.165) is 11.3 Å². The molecule has 0 bridgehead atoms. The van der Waals surface area contributed by atoms with Gasteiger partial charge < -0.3 is 10.4 Å². The minimum Gasteiger partial charge on any atom is -0.396 e. The Morgan fingerprint density at radius 3 is 2.48 bits per heavy atom. The second-order valence-electron chi connectivity index (χ2n) is 7.81. The average molecular weight is 343 g/mol. The fourth-order valence-corrected chi connectivity index (χ4v) is 2.38. The molecule has 2 aromatic rings. The number of nitrogens with one attached hydrogen (secondary N) is 1. The SMILES string of the molecule is Cc1ccc(Cn2nc(C(C)(C)C)cc2C(=O)NCC(C)CO)cc1.